The Morgan fingerprint density at radius 3 is 2.90 bits per heavy atom. The molecule has 0 amide bonds. The van der Waals surface area contributed by atoms with Crippen LogP contribution in [0, 0.1) is 0 Å². The highest BCUT2D eigenvalue weighted by Gasteiger charge is 2.39. The molecule has 2 aliphatic rings. The summed E-state index contributed by atoms with van der Waals surface area (Å²) in [4.78, 5) is 2.34. The van der Waals surface area contributed by atoms with Crippen LogP contribution in [0.25, 0.3) is 0 Å². The lowest BCUT2D eigenvalue weighted by atomic mass is 10.1. The summed E-state index contributed by atoms with van der Waals surface area (Å²) in [5.74, 6) is 0. The zero-order chi connectivity index (χ0) is 15.0. The van der Waals surface area contributed by atoms with Gasteiger partial charge in [0.15, 0.2) is 5.03 Å². The van der Waals surface area contributed by atoms with E-state index in [9.17, 15) is 8.42 Å². The third-order valence-electron chi connectivity index (χ3n) is 4.75. The number of nitrogens with zero attached hydrogens (tertiary/aromatic N) is 3. The average Bonchev–Trinajstić information content (AvgIpc) is 2.96. The van der Waals surface area contributed by atoms with Crippen molar-refractivity contribution in [3.63, 3.8) is 0 Å². The lowest BCUT2D eigenvalue weighted by molar-refractivity contribution is 0.246. The Labute approximate surface area is 125 Å². The highest BCUT2D eigenvalue weighted by atomic mass is 32.2. The maximum atomic E-state index is 12.9. The van der Waals surface area contributed by atoms with Crippen LogP contribution in [-0.2, 0) is 16.6 Å². The zero-order valence-electron chi connectivity index (χ0n) is 12.5. The molecule has 7 nitrogen and oxygen atoms in total. The number of hydrogen-bond donors (Lipinski definition) is 2. The minimum atomic E-state index is -3.49. The average molecular weight is 313 g/mol. The molecule has 1 aromatic rings. The molecule has 21 heavy (non-hydrogen) atoms. The van der Waals surface area contributed by atoms with Crippen LogP contribution in [0.4, 0.5) is 0 Å². The predicted molar refractivity (Wildman–Crippen MR) is 79.3 cm³/mol. The van der Waals surface area contributed by atoms with Gasteiger partial charge in [0.05, 0.1) is 6.20 Å². The summed E-state index contributed by atoms with van der Waals surface area (Å²) in [6.45, 7) is 1.66. The molecular weight excluding hydrogens is 290 g/mol. The first kappa shape index (κ1) is 15.0. The normalized spacial score (nSPS) is 27.9. The van der Waals surface area contributed by atoms with E-state index in [1.807, 2.05) is 0 Å². The summed E-state index contributed by atoms with van der Waals surface area (Å²) in [7, 11) is 0.415. The first-order valence-corrected chi connectivity index (χ1v) is 8.87. The Morgan fingerprint density at radius 1 is 1.38 bits per heavy atom. The number of likely N-dealkylation sites (N-methyl/N-ethyl adjacent to an activating group) is 1. The molecule has 2 unspecified atom stereocenters. The first-order chi connectivity index (χ1) is 10.0. The summed E-state index contributed by atoms with van der Waals surface area (Å²) in [6, 6.07) is 0.858. The molecule has 1 aromatic heterocycles. The van der Waals surface area contributed by atoms with Crippen molar-refractivity contribution in [1.29, 1.82) is 0 Å². The number of fused-ring (bicyclic) bond motifs is 2. The van der Waals surface area contributed by atoms with Crippen LogP contribution < -0.4 is 5.32 Å². The van der Waals surface area contributed by atoms with E-state index < -0.39 is 10.0 Å². The van der Waals surface area contributed by atoms with Crippen LogP contribution in [0.2, 0.25) is 0 Å². The topological polar surface area (TPSA) is 81.3 Å². The molecule has 3 heterocycles. The number of H-pyrrole nitrogens is 1. The number of sulfonamides is 1. The Balaban J connectivity index is 1.86. The minimum Gasteiger partial charge on any atom is -0.316 e. The van der Waals surface area contributed by atoms with Gasteiger partial charge in [0.1, 0.15) is 0 Å². The number of aromatic amines is 1. The Hall–Kier alpha value is -0.960. The molecule has 8 heteroatoms. The summed E-state index contributed by atoms with van der Waals surface area (Å²) in [6.07, 6.45) is 4.75. The second-order valence-electron chi connectivity index (χ2n) is 5.96. The second-order valence-corrected chi connectivity index (χ2v) is 7.83. The van der Waals surface area contributed by atoms with Gasteiger partial charge in [0.2, 0.25) is 0 Å². The largest absolute Gasteiger partial charge is 0.316 e. The third kappa shape index (κ3) is 2.61. The molecule has 3 rings (SSSR count). The molecule has 2 saturated heterocycles. The molecule has 2 atom stereocenters. The van der Waals surface area contributed by atoms with E-state index in [0.29, 0.717) is 37.3 Å². The van der Waals surface area contributed by atoms with E-state index >= 15 is 0 Å². The lowest BCUT2D eigenvalue weighted by Gasteiger charge is -2.25. The highest BCUT2D eigenvalue weighted by molar-refractivity contribution is 7.89. The van der Waals surface area contributed by atoms with E-state index in [4.69, 9.17) is 0 Å². The quantitative estimate of drug-likeness (QED) is 0.817. The fourth-order valence-electron chi connectivity index (χ4n) is 3.46. The molecule has 0 aliphatic carbocycles. The number of aromatic nitrogens is 2. The summed E-state index contributed by atoms with van der Waals surface area (Å²) in [5.41, 5.74) is 0.695. The monoisotopic (exact) mass is 313 g/mol. The SMILES string of the molecule is CNCc1cn[nH]c1S(=O)(=O)N1CCC2CCC(C1)N2C. The highest BCUT2D eigenvalue weighted by Crippen LogP contribution is 2.31. The van der Waals surface area contributed by atoms with E-state index in [-0.39, 0.29) is 5.03 Å². The van der Waals surface area contributed by atoms with Gasteiger partial charge in [-0.2, -0.15) is 9.40 Å². The number of hydrogen-bond acceptors (Lipinski definition) is 5. The molecule has 0 spiro atoms. The van der Waals surface area contributed by atoms with Gasteiger partial charge in [-0.05, 0) is 33.4 Å². The number of nitrogens with one attached hydrogen (secondary N) is 2. The summed E-state index contributed by atoms with van der Waals surface area (Å²) in [5, 5.41) is 9.79. The molecule has 2 fully saturated rings. The van der Waals surface area contributed by atoms with Gasteiger partial charge in [0, 0.05) is 37.3 Å². The van der Waals surface area contributed by atoms with Gasteiger partial charge >= 0.3 is 0 Å². The third-order valence-corrected chi connectivity index (χ3v) is 6.64. The van der Waals surface area contributed by atoms with Crippen molar-refractivity contribution in [1.82, 2.24) is 24.7 Å². The van der Waals surface area contributed by atoms with Crippen LogP contribution >= 0.6 is 0 Å². The van der Waals surface area contributed by atoms with Gasteiger partial charge in [0.25, 0.3) is 10.0 Å². The summed E-state index contributed by atoms with van der Waals surface area (Å²) >= 11 is 0. The van der Waals surface area contributed by atoms with E-state index in [0.717, 1.165) is 12.8 Å². The molecule has 0 radical (unpaired) electrons. The maximum absolute atomic E-state index is 12.9. The van der Waals surface area contributed by atoms with Crippen LogP contribution in [0.15, 0.2) is 11.2 Å². The van der Waals surface area contributed by atoms with Crippen molar-refractivity contribution < 1.29 is 8.42 Å². The molecule has 2 N–H and O–H groups in total. The maximum Gasteiger partial charge on any atom is 0.260 e. The number of rotatable bonds is 4. The zero-order valence-corrected chi connectivity index (χ0v) is 13.4. The van der Waals surface area contributed by atoms with Crippen molar-refractivity contribution in [2.75, 3.05) is 27.2 Å². The van der Waals surface area contributed by atoms with Crippen LogP contribution in [0.5, 0.6) is 0 Å². The molecular formula is C13H23N5O2S. The van der Waals surface area contributed by atoms with Gasteiger partial charge < -0.3 is 5.32 Å². The minimum absolute atomic E-state index is 0.234. The fourth-order valence-corrected chi connectivity index (χ4v) is 5.06. The van der Waals surface area contributed by atoms with Crippen molar-refractivity contribution >= 4 is 10.0 Å². The van der Waals surface area contributed by atoms with Gasteiger partial charge in [-0.1, -0.05) is 0 Å². The van der Waals surface area contributed by atoms with Gasteiger partial charge in [-0.25, -0.2) is 8.42 Å². The van der Waals surface area contributed by atoms with Crippen LogP contribution in [-0.4, -0.2) is 67.1 Å². The Bertz CT molecular complexity index is 599. The van der Waals surface area contributed by atoms with E-state index in [1.54, 1.807) is 17.5 Å². The lowest BCUT2D eigenvalue weighted by Crippen LogP contribution is -2.40. The van der Waals surface area contributed by atoms with Gasteiger partial charge in [-0.3, -0.25) is 10.00 Å². The van der Waals surface area contributed by atoms with Crippen LogP contribution in [0.1, 0.15) is 24.8 Å². The predicted octanol–water partition coefficient (Wildman–Crippen LogP) is -0.0137. The first-order valence-electron chi connectivity index (χ1n) is 7.43. The van der Waals surface area contributed by atoms with Crippen molar-refractivity contribution in [2.24, 2.45) is 0 Å². The molecule has 0 saturated carbocycles. The van der Waals surface area contributed by atoms with Crippen molar-refractivity contribution in [3.05, 3.63) is 11.8 Å². The second kappa shape index (κ2) is 5.68. The fraction of sp³-hybridized carbons (Fsp3) is 0.769. The molecule has 0 aromatic carbocycles. The van der Waals surface area contributed by atoms with Crippen molar-refractivity contribution in [3.8, 4) is 0 Å². The molecule has 2 aliphatic heterocycles. The smallest absolute Gasteiger partial charge is 0.260 e. The Kier molecular flexibility index (Phi) is 4.04. The van der Waals surface area contributed by atoms with Crippen molar-refractivity contribution in [2.45, 2.75) is 42.9 Å². The summed E-state index contributed by atoms with van der Waals surface area (Å²) < 4.78 is 27.4. The standard InChI is InChI=1S/C13H23N5O2S/c1-14-7-10-8-15-16-13(10)21(19,20)18-6-5-11-3-4-12(9-18)17(11)2/h8,11-12,14H,3-7,9H2,1-2H3,(H,15,16). The molecule has 2 bridgehead atoms. The van der Waals surface area contributed by atoms with Gasteiger partial charge in [-0.15, -0.1) is 0 Å². The Morgan fingerprint density at radius 2 is 2.14 bits per heavy atom. The van der Waals surface area contributed by atoms with E-state index in [2.05, 4.69) is 27.5 Å². The van der Waals surface area contributed by atoms with E-state index in [1.165, 1.54) is 6.42 Å². The molecule has 118 valence electrons. The van der Waals surface area contributed by atoms with Crippen LogP contribution in [0.3, 0.4) is 0 Å².